The number of hydrogen-bond donors (Lipinski definition) is 1. The Morgan fingerprint density at radius 2 is 2.11 bits per heavy atom. The van der Waals surface area contributed by atoms with E-state index in [1.807, 2.05) is 37.4 Å². The second kappa shape index (κ2) is 4.59. The second-order valence-electron chi connectivity index (χ2n) is 3.94. The van der Waals surface area contributed by atoms with Crippen molar-refractivity contribution in [1.82, 2.24) is 9.97 Å². The third-order valence-corrected chi connectivity index (χ3v) is 4.53. The van der Waals surface area contributed by atoms with Crippen molar-refractivity contribution in [3.8, 4) is 0 Å². The average molecular weight is 273 g/mol. The molecule has 0 aliphatic heterocycles. The van der Waals surface area contributed by atoms with Crippen LogP contribution in [0.4, 0.5) is 5.69 Å². The summed E-state index contributed by atoms with van der Waals surface area (Å²) in [6.07, 6.45) is 1.82. The fourth-order valence-corrected chi connectivity index (χ4v) is 3.82. The van der Waals surface area contributed by atoms with Gasteiger partial charge in [0.05, 0.1) is 10.2 Å². The summed E-state index contributed by atoms with van der Waals surface area (Å²) in [6.45, 7) is 1.99. The van der Waals surface area contributed by atoms with Gasteiger partial charge in [-0.1, -0.05) is 11.8 Å². The minimum absolute atomic E-state index is 0.780. The van der Waals surface area contributed by atoms with Gasteiger partial charge in [0.1, 0.15) is 0 Å². The summed E-state index contributed by atoms with van der Waals surface area (Å²) in [4.78, 5) is 9.93. The number of aryl methyl sites for hydroxylation is 1. The SMILES string of the molecule is Cc1cc(Sc2nc3ccc(N)cc3s2)ccn1. The molecule has 3 nitrogen and oxygen atoms in total. The summed E-state index contributed by atoms with van der Waals surface area (Å²) in [5.74, 6) is 0. The van der Waals surface area contributed by atoms with Crippen LogP contribution in [0.5, 0.6) is 0 Å². The van der Waals surface area contributed by atoms with E-state index < -0.39 is 0 Å². The summed E-state index contributed by atoms with van der Waals surface area (Å²) < 4.78 is 2.16. The van der Waals surface area contributed by atoms with Crippen LogP contribution in [0.25, 0.3) is 10.2 Å². The molecular weight excluding hydrogens is 262 g/mol. The Bertz CT molecular complexity index is 706. The molecule has 0 fully saturated rings. The first-order chi connectivity index (χ1) is 8.70. The maximum Gasteiger partial charge on any atom is 0.155 e. The zero-order valence-electron chi connectivity index (χ0n) is 9.75. The van der Waals surface area contributed by atoms with Gasteiger partial charge in [-0.2, -0.15) is 0 Å². The Kier molecular flexibility index (Phi) is 2.93. The number of benzene rings is 1. The van der Waals surface area contributed by atoms with Gasteiger partial charge in [0.15, 0.2) is 4.34 Å². The van der Waals surface area contributed by atoms with Crippen LogP contribution < -0.4 is 5.73 Å². The Hall–Kier alpha value is -1.59. The first-order valence-electron chi connectivity index (χ1n) is 5.47. The molecule has 0 bridgehead atoms. The van der Waals surface area contributed by atoms with E-state index in [0.29, 0.717) is 0 Å². The fourth-order valence-electron chi connectivity index (χ4n) is 1.65. The van der Waals surface area contributed by atoms with Gasteiger partial charge in [-0.25, -0.2) is 4.98 Å². The minimum atomic E-state index is 0.780. The molecule has 0 saturated heterocycles. The second-order valence-corrected chi connectivity index (χ2v) is 6.29. The van der Waals surface area contributed by atoms with Crippen LogP contribution >= 0.6 is 23.1 Å². The van der Waals surface area contributed by atoms with Crippen molar-refractivity contribution < 1.29 is 0 Å². The van der Waals surface area contributed by atoms with Gasteiger partial charge in [0.2, 0.25) is 0 Å². The van der Waals surface area contributed by atoms with Crippen LogP contribution in [0.1, 0.15) is 5.69 Å². The number of nitrogens with zero attached hydrogens (tertiary/aromatic N) is 2. The van der Waals surface area contributed by atoms with E-state index in [2.05, 4.69) is 16.0 Å². The average Bonchev–Trinajstić information content (AvgIpc) is 2.70. The number of anilines is 1. The molecule has 0 saturated carbocycles. The van der Waals surface area contributed by atoms with Crippen LogP contribution in [0.15, 0.2) is 45.8 Å². The quantitative estimate of drug-likeness (QED) is 0.723. The van der Waals surface area contributed by atoms with E-state index in [1.165, 1.54) is 0 Å². The third-order valence-electron chi connectivity index (χ3n) is 2.47. The summed E-state index contributed by atoms with van der Waals surface area (Å²) in [7, 11) is 0. The van der Waals surface area contributed by atoms with Crippen LogP contribution in [-0.2, 0) is 0 Å². The molecule has 90 valence electrons. The predicted molar refractivity (Wildman–Crippen MR) is 77.1 cm³/mol. The first-order valence-corrected chi connectivity index (χ1v) is 7.10. The molecule has 2 N–H and O–H groups in total. The maximum absolute atomic E-state index is 5.77. The van der Waals surface area contributed by atoms with Gasteiger partial charge in [-0.3, -0.25) is 4.98 Å². The van der Waals surface area contributed by atoms with E-state index in [0.717, 1.165) is 30.8 Å². The number of hydrogen-bond acceptors (Lipinski definition) is 5. The first kappa shape index (κ1) is 11.5. The molecule has 0 radical (unpaired) electrons. The number of pyridine rings is 1. The van der Waals surface area contributed by atoms with Crippen molar-refractivity contribution in [2.75, 3.05) is 5.73 Å². The van der Waals surface area contributed by atoms with Crippen LogP contribution in [0.3, 0.4) is 0 Å². The standard InChI is InChI=1S/C13H11N3S2/c1-8-6-10(4-5-15-8)17-13-16-11-3-2-9(14)7-12(11)18-13/h2-7H,14H2,1H3. The maximum atomic E-state index is 5.77. The van der Waals surface area contributed by atoms with Crippen LogP contribution in [-0.4, -0.2) is 9.97 Å². The summed E-state index contributed by atoms with van der Waals surface area (Å²) in [5, 5.41) is 0. The van der Waals surface area contributed by atoms with Crippen molar-refractivity contribution in [3.05, 3.63) is 42.2 Å². The zero-order chi connectivity index (χ0) is 12.5. The summed E-state index contributed by atoms with van der Waals surface area (Å²) >= 11 is 3.32. The molecule has 0 spiro atoms. The number of fused-ring (bicyclic) bond motifs is 1. The lowest BCUT2D eigenvalue weighted by molar-refractivity contribution is 1.15. The number of aromatic nitrogens is 2. The van der Waals surface area contributed by atoms with E-state index in [-0.39, 0.29) is 0 Å². The van der Waals surface area contributed by atoms with Crippen molar-refractivity contribution in [1.29, 1.82) is 0 Å². The molecule has 1 aromatic carbocycles. The van der Waals surface area contributed by atoms with Gasteiger partial charge in [-0.15, -0.1) is 11.3 Å². The highest BCUT2D eigenvalue weighted by Crippen LogP contribution is 2.34. The van der Waals surface area contributed by atoms with E-state index in [1.54, 1.807) is 23.1 Å². The largest absolute Gasteiger partial charge is 0.399 e. The minimum Gasteiger partial charge on any atom is -0.399 e. The highest BCUT2D eigenvalue weighted by molar-refractivity contribution is 8.01. The summed E-state index contributed by atoms with van der Waals surface area (Å²) in [6, 6.07) is 9.87. The molecule has 3 rings (SSSR count). The van der Waals surface area contributed by atoms with Gasteiger partial charge >= 0.3 is 0 Å². The van der Waals surface area contributed by atoms with Crippen LogP contribution in [0, 0.1) is 6.92 Å². The number of nitrogen functional groups attached to an aromatic ring is 1. The third kappa shape index (κ3) is 2.32. The van der Waals surface area contributed by atoms with Gasteiger partial charge in [0, 0.05) is 22.5 Å². The van der Waals surface area contributed by atoms with Crippen LogP contribution in [0.2, 0.25) is 0 Å². The van der Waals surface area contributed by atoms with Crippen molar-refractivity contribution in [2.24, 2.45) is 0 Å². The summed E-state index contributed by atoms with van der Waals surface area (Å²) in [5.41, 5.74) is 8.57. The molecule has 18 heavy (non-hydrogen) atoms. The molecule has 0 atom stereocenters. The number of rotatable bonds is 2. The van der Waals surface area contributed by atoms with E-state index in [9.17, 15) is 0 Å². The highest BCUT2D eigenvalue weighted by Gasteiger charge is 2.06. The molecular formula is C13H11N3S2. The van der Waals surface area contributed by atoms with Crippen molar-refractivity contribution in [3.63, 3.8) is 0 Å². The lowest BCUT2D eigenvalue weighted by Gasteiger charge is -1.97. The van der Waals surface area contributed by atoms with Gasteiger partial charge < -0.3 is 5.73 Å². The Morgan fingerprint density at radius 3 is 2.94 bits per heavy atom. The molecule has 5 heteroatoms. The zero-order valence-corrected chi connectivity index (χ0v) is 11.4. The number of nitrogens with two attached hydrogens (primary N) is 1. The molecule has 3 aromatic rings. The van der Waals surface area contributed by atoms with E-state index >= 15 is 0 Å². The topological polar surface area (TPSA) is 51.8 Å². The molecule has 0 amide bonds. The molecule has 2 heterocycles. The lowest BCUT2D eigenvalue weighted by atomic mass is 10.3. The van der Waals surface area contributed by atoms with Crippen molar-refractivity contribution >= 4 is 39.0 Å². The molecule has 0 unspecified atom stereocenters. The normalized spacial score (nSPS) is 10.9. The predicted octanol–water partition coefficient (Wildman–Crippen LogP) is 3.73. The molecule has 0 aliphatic rings. The molecule has 2 aromatic heterocycles. The van der Waals surface area contributed by atoms with Crippen molar-refractivity contribution in [2.45, 2.75) is 16.2 Å². The van der Waals surface area contributed by atoms with E-state index in [4.69, 9.17) is 5.73 Å². The number of thiazole rings is 1. The Labute approximate surface area is 113 Å². The fraction of sp³-hybridized carbons (Fsp3) is 0.0769. The van der Waals surface area contributed by atoms with Gasteiger partial charge in [0.25, 0.3) is 0 Å². The highest BCUT2D eigenvalue weighted by atomic mass is 32.2. The smallest absolute Gasteiger partial charge is 0.155 e. The lowest BCUT2D eigenvalue weighted by Crippen LogP contribution is -1.81. The molecule has 0 aliphatic carbocycles. The van der Waals surface area contributed by atoms with Gasteiger partial charge in [-0.05, 0) is 37.3 Å². The Morgan fingerprint density at radius 1 is 1.22 bits per heavy atom. The Balaban J connectivity index is 1.95. The monoisotopic (exact) mass is 273 g/mol.